The minimum atomic E-state index is -0.412. The van der Waals surface area contributed by atoms with E-state index < -0.39 is 5.82 Å². The highest BCUT2D eigenvalue weighted by Crippen LogP contribution is 2.19. The van der Waals surface area contributed by atoms with Gasteiger partial charge in [-0.25, -0.2) is 4.39 Å². The first-order valence-electron chi connectivity index (χ1n) is 6.37. The molecular formula is C17H16FNO. The van der Waals surface area contributed by atoms with Crippen molar-refractivity contribution in [2.45, 2.75) is 6.92 Å². The summed E-state index contributed by atoms with van der Waals surface area (Å²) in [6, 6.07) is 13.5. The Balaban J connectivity index is 2.41. The molecule has 1 amide bonds. The minimum absolute atomic E-state index is 0.229. The Bertz CT molecular complexity index is 622. The van der Waals surface area contributed by atoms with Crippen LogP contribution in [0.5, 0.6) is 0 Å². The number of nitrogens with zero attached hydrogens (tertiary/aromatic N) is 1. The molecule has 2 aromatic carbocycles. The molecule has 0 fully saturated rings. The maximum absolute atomic E-state index is 13.4. The second-order valence-corrected chi connectivity index (χ2v) is 4.50. The summed E-state index contributed by atoms with van der Waals surface area (Å²) >= 11 is 0. The van der Waals surface area contributed by atoms with E-state index in [0.717, 1.165) is 11.3 Å². The second kappa shape index (κ2) is 6.15. The van der Waals surface area contributed by atoms with Crippen molar-refractivity contribution in [2.24, 2.45) is 0 Å². The number of aryl methyl sites for hydroxylation is 1. The van der Waals surface area contributed by atoms with Crippen molar-refractivity contribution in [3.8, 4) is 0 Å². The molecule has 2 nitrogen and oxygen atoms in total. The van der Waals surface area contributed by atoms with E-state index in [0.29, 0.717) is 12.1 Å². The first-order chi connectivity index (χ1) is 9.63. The number of benzene rings is 2. The Kier molecular flexibility index (Phi) is 4.31. The van der Waals surface area contributed by atoms with E-state index in [1.54, 1.807) is 24.0 Å². The lowest BCUT2D eigenvalue weighted by Gasteiger charge is -2.22. The number of para-hydroxylation sites is 1. The van der Waals surface area contributed by atoms with Crippen molar-refractivity contribution in [1.29, 1.82) is 0 Å². The number of anilines is 1. The molecule has 20 heavy (non-hydrogen) atoms. The average molecular weight is 269 g/mol. The first kappa shape index (κ1) is 14.0. The average Bonchev–Trinajstić information content (AvgIpc) is 2.47. The van der Waals surface area contributed by atoms with E-state index >= 15 is 0 Å². The zero-order valence-corrected chi connectivity index (χ0v) is 11.3. The monoisotopic (exact) mass is 269 g/mol. The fourth-order valence-corrected chi connectivity index (χ4v) is 2.01. The SMILES string of the molecule is C=CCN(C(=O)c1cc(F)ccc1C)c1ccccc1. The number of amides is 1. The largest absolute Gasteiger partial charge is 0.305 e. The van der Waals surface area contributed by atoms with Crippen LogP contribution >= 0.6 is 0 Å². The lowest BCUT2D eigenvalue weighted by atomic mass is 10.1. The molecule has 0 spiro atoms. The number of rotatable bonds is 4. The molecule has 0 saturated carbocycles. The Labute approximate surface area is 118 Å². The van der Waals surface area contributed by atoms with E-state index in [2.05, 4.69) is 6.58 Å². The molecule has 0 heterocycles. The predicted octanol–water partition coefficient (Wildman–Crippen LogP) is 3.97. The van der Waals surface area contributed by atoms with Crippen LogP contribution in [0.4, 0.5) is 10.1 Å². The maximum atomic E-state index is 13.4. The molecule has 0 unspecified atom stereocenters. The standard InChI is InChI=1S/C17H16FNO/c1-3-11-19(15-7-5-4-6-8-15)17(20)16-12-14(18)10-9-13(16)2/h3-10,12H,1,11H2,2H3. The van der Waals surface area contributed by atoms with Gasteiger partial charge in [0, 0.05) is 17.8 Å². The Morgan fingerprint density at radius 1 is 1.25 bits per heavy atom. The van der Waals surface area contributed by atoms with Gasteiger partial charge in [0.1, 0.15) is 5.82 Å². The van der Waals surface area contributed by atoms with Crippen molar-refractivity contribution >= 4 is 11.6 Å². The molecule has 0 aliphatic rings. The van der Waals surface area contributed by atoms with Crippen LogP contribution in [0.25, 0.3) is 0 Å². The molecule has 102 valence electrons. The summed E-state index contributed by atoms with van der Waals surface area (Å²) in [4.78, 5) is 14.2. The molecule has 0 bridgehead atoms. The number of carbonyl (C=O) groups is 1. The lowest BCUT2D eigenvalue weighted by molar-refractivity contribution is 0.0988. The highest BCUT2D eigenvalue weighted by atomic mass is 19.1. The van der Waals surface area contributed by atoms with Crippen molar-refractivity contribution in [3.63, 3.8) is 0 Å². The maximum Gasteiger partial charge on any atom is 0.258 e. The third-order valence-corrected chi connectivity index (χ3v) is 3.05. The summed E-state index contributed by atoms with van der Waals surface area (Å²) in [5.74, 6) is -0.640. The number of halogens is 1. The van der Waals surface area contributed by atoms with Gasteiger partial charge in [0.15, 0.2) is 0 Å². The fourth-order valence-electron chi connectivity index (χ4n) is 2.01. The highest BCUT2D eigenvalue weighted by Gasteiger charge is 2.18. The minimum Gasteiger partial charge on any atom is -0.305 e. The first-order valence-corrected chi connectivity index (χ1v) is 6.37. The third kappa shape index (κ3) is 2.94. The quantitative estimate of drug-likeness (QED) is 0.769. The summed E-state index contributed by atoms with van der Waals surface area (Å²) < 4.78 is 13.4. The van der Waals surface area contributed by atoms with E-state index in [1.807, 2.05) is 30.3 Å². The van der Waals surface area contributed by atoms with Gasteiger partial charge in [0.25, 0.3) is 5.91 Å². The Morgan fingerprint density at radius 3 is 2.60 bits per heavy atom. The second-order valence-electron chi connectivity index (χ2n) is 4.50. The molecular weight excluding hydrogens is 253 g/mol. The van der Waals surface area contributed by atoms with Gasteiger partial charge >= 0.3 is 0 Å². The molecule has 0 N–H and O–H groups in total. The molecule has 0 saturated heterocycles. The summed E-state index contributed by atoms with van der Waals surface area (Å²) in [7, 11) is 0. The Hall–Kier alpha value is -2.42. The normalized spacial score (nSPS) is 10.1. The molecule has 0 aliphatic heterocycles. The van der Waals surface area contributed by atoms with Crippen LogP contribution in [0.1, 0.15) is 15.9 Å². The number of hydrogen-bond acceptors (Lipinski definition) is 1. The van der Waals surface area contributed by atoms with Crippen molar-refractivity contribution in [1.82, 2.24) is 0 Å². The van der Waals surface area contributed by atoms with Crippen LogP contribution in [-0.4, -0.2) is 12.5 Å². The Morgan fingerprint density at radius 2 is 1.95 bits per heavy atom. The summed E-state index contributed by atoms with van der Waals surface area (Å²) in [6.45, 7) is 5.84. The zero-order chi connectivity index (χ0) is 14.5. The molecule has 0 aromatic heterocycles. The lowest BCUT2D eigenvalue weighted by Crippen LogP contribution is -2.31. The van der Waals surface area contributed by atoms with Gasteiger partial charge in [0.2, 0.25) is 0 Å². The van der Waals surface area contributed by atoms with E-state index in [1.165, 1.54) is 12.1 Å². The molecule has 2 aromatic rings. The van der Waals surface area contributed by atoms with Gasteiger partial charge in [-0.15, -0.1) is 6.58 Å². The topological polar surface area (TPSA) is 20.3 Å². The van der Waals surface area contributed by atoms with Gasteiger partial charge < -0.3 is 4.90 Å². The van der Waals surface area contributed by atoms with Crippen LogP contribution in [0.2, 0.25) is 0 Å². The zero-order valence-electron chi connectivity index (χ0n) is 11.3. The van der Waals surface area contributed by atoms with Gasteiger partial charge in [-0.1, -0.05) is 30.3 Å². The molecule has 2 rings (SSSR count). The van der Waals surface area contributed by atoms with Crippen molar-refractivity contribution in [3.05, 3.63) is 78.1 Å². The van der Waals surface area contributed by atoms with Gasteiger partial charge in [-0.3, -0.25) is 4.79 Å². The van der Waals surface area contributed by atoms with Gasteiger partial charge in [-0.2, -0.15) is 0 Å². The van der Waals surface area contributed by atoms with Crippen LogP contribution in [-0.2, 0) is 0 Å². The highest BCUT2D eigenvalue weighted by molar-refractivity contribution is 6.07. The van der Waals surface area contributed by atoms with Crippen molar-refractivity contribution in [2.75, 3.05) is 11.4 Å². The van der Waals surface area contributed by atoms with Crippen LogP contribution < -0.4 is 4.90 Å². The molecule has 0 atom stereocenters. The fraction of sp³-hybridized carbons (Fsp3) is 0.118. The molecule has 0 aliphatic carbocycles. The molecule has 3 heteroatoms. The number of hydrogen-bond donors (Lipinski definition) is 0. The number of carbonyl (C=O) groups excluding carboxylic acids is 1. The van der Waals surface area contributed by atoms with Crippen LogP contribution in [0.3, 0.4) is 0 Å². The van der Waals surface area contributed by atoms with E-state index in [9.17, 15) is 9.18 Å². The third-order valence-electron chi connectivity index (χ3n) is 3.05. The summed E-state index contributed by atoms with van der Waals surface area (Å²) in [5, 5.41) is 0. The molecule has 0 radical (unpaired) electrons. The van der Waals surface area contributed by atoms with Gasteiger partial charge in [-0.05, 0) is 36.8 Å². The van der Waals surface area contributed by atoms with Gasteiger partial charge in [0.05, 0.1) is 0 Å². The van der Waals surface area contributed by atoms with Crippen LogP contribution in [0, 0.1) is 12.7 Å². The predicted molar refractivity (Wildman–Crippen MR) is 79.5 cm³/mol. The summed E-state index contributed by atoms with van der Waals surface area (Å²) in [5.41, 5.74) is 1.89. The van der Waals surface area contributed by atoms with E-state index in [4.69, 9.17) is 0 Å². The van der Waals surface area contributed by atoms with Crippen LogP contribution in [0.15, 0.2) is 61.2 Å². The van der Waals surface area contributed by atoms with E-state index in [-0.39, 0.29) is 5.91 Å². The smallest absolute Gasteiger partial charge is 0.258 e. The summed E-state index contributed by atoms with van der Waals surface area (Å²) in [6.07, 6.45) is 1.65. The van der Waals surface area contributed by atoms with Crippen molar-refractivity contribution < 1.29 is 9.18 Å².